The van der Waals surface area contributed by atoms with E-state index in [4.69, 9.17) is 18.9 Å². The Bertz CT molecular complexity index is 3660. The zero-order chi connectivity index (χ0) is 58.8. The number of sulfonamides is 3. The van der Waals surface area contributed by atoms with Gasteiger partial charge in [-0.2, -0.15) is 0 Å². The number of ether oxygens (including phenoxy) is 4. The molecule has 0 fully saturated rings. The fourth-order valence-corrected chi connectivity index (χ4v) is 12.9. The molecule has 0 aromatic heterocycles. The Labute approximate surface area is 473 Å². The Kier molecular flexibility index (Phi) is 22.5. The number of sulfone groups is 1. The number of nitro groups is 1. The number of benzene rings is 6. The molecule has 26 heteroatoms. The average Bonchev–Trinajstić information content (AvgIpc) is 3.44. The van der Waals surface area contributed by atoms with Crippen molar-refractivity contribution in [3.63, 3.8) is 0 Å². The Hall–Kier alpha value is -7.26. The Morgan fingerprint density at radius 2 is 1.11 bits per heavy atom. The number of hydrogen-bond donors (Lipinski definition) is 5. The molecule has 6 aromatic carbocycles. The second-order valence-corrected chi connectivity index (χ2v) is 26.0. The Morgan fingerprint density at radius 3 is 1.73 bits per heavy atom. The maximum atomic E-state index is 14.2. The number of azo groups is 1. The standard InChI is InChI=1S/C55H68N6O16S4/c1-5-6-7-8-9-10-11-12-13-14-15-16-17-18-31-76-52-38-49(63)47(37-51(52)75-3)60-81(72,73)54-34-39(25-30-50(54)77-33-32-74-2)58-79(68,69)41-21-19-22-42(36-41)80(70,71)59-46-24-20-23-43-48(62)29-28-45(55(43)46)57-56-44-27-26-40(61(64)65)35-53(44)78(4,66)67/h19-30,34-38,58-60,62-63H,5-18,31-33H2,1-4H3. The van der Waals surface area contributed by atoms with Crippen molar-refractivity contribution in [2.24, 2.45) is 10.2 Å². The lowest BCUT2D eigenvalue weighted by molar-refractivity contribution is -0.385. The van der Waals surface area contributed by atoms with Crippen molar-refractivity contribution in [3.8, 4) is 28.7 Å². The minimum Gasteiger partial charge on any atom is -0.507 e. The highest BCUT2D eigenvalue weighted by molar-refractivity contribution is 7.94. The first-order valence-corrected chi connectivity index (χ1v) is 32.6. The molecule has 438 valence electrons. The van der Waals surface area contributed by atoms with Crippen LogP contribution in [0.1, 0.15) is 96.8 Å². The number of nitrogens with one attached hydrogen (secondary N) is 3. The van der Waals surface area contributed by atoms with Crippen molar-refractivity contribution >= 4 is 84.8 Å². The molecule has 6 aromatic rings. The number of non-ortho nitro benzene ring substituents is 1. The van der Waals surface area contributed by atoms with Gasteiger partial charge >= 0.3 is 0 Å². The van der Waals surface area contributed by atoms with E-state index in [1.165, 1.54) is 133 Å². The quantitative estimate of drug-likeness (QED) is 0.00824. The highest BCUT2D eigenvalue weighted by atomic mass is 32.2. The monoisotopic (exact) mass is 1200 g/mol. The number of aromatic hydroxyl groups is 2. The third-order valence-corrected chi connectivity index (χ3v) is 18.1. The van der Waals surface area contributed by atoms with Crippen molar-refractivity contribution < 1.29 is 67.8 Å². The van der Waals surface area contributed by atoms with Gasteiger partial charge in [-0.05, 0) is 67.1 Å². The number of phenols is 2. The van der Waals surface area contributed by atoms with Crippen LogP contribution in [0, 0.1) is 10.1 Å². The molecule has 0 atom stereocenters. The fraction of sp³-hybridized carbons (Fsp3) is 0.382. The highest BCUT2D eigenvalue weighted by Crippen LogP contribution is 2.42. The number of nitrogens with zero attached hydrogens (tertiary/aromatic N) is 3. The summed E-state index contributed by atoms with van der Waals surface area (Å²) in [6.07, 6.45) is 17.6. The van der Waals surface area contributed by atoms with Crippen LogP contribution in [-0.2, 0) is 44.6 Å². The van der Waals surface area contributed by atoms with E-state index in [-0.39, 0.29) is 75.4 Å². The Morgan fingerprint density at radius 1 is 0.531 bits per heavy atom. The zero-order valence-electron chi connectivity index (χ0n) is 45.4. The van der Waals surface area contributed by atoms with E-state index < -0.39 is 75.8 Å². The van der Waals surface area contributed by atoms with Crippen molar-refractivity contribution in [3.05, 3.63) is 113 Å². The van der Waals surface area contributed by atoms with Gasteiger partial charge in [0.25, 0.3) is 35.8 Å². The normalized spacial score (nSPS) is 12.1. The number of unbranched alkanes of at least 4 members (excludes halogenated alkanes) is 13. The summed E-state index contributed by atoms with van der Waals surface area (Å²) in [7, 11) is -15.4. The van der Waals surface area contributed by atoms with E-state index >= 15 is 0 Å². The summed E-state index contributed by atoms with van der Waals surface area (Å²) in [4.78, 5) is 8.43. The minimum absolute atomic E-state index is 0.0149. The average molecular weight is 1200 g/mol. The van der Waals surface area contributed by atoms with E-state index in [1.807, 2.05) is 0 Å². The predicted molar refractivity (Wildman–Crippen MR) is 309 cm³/mol. The second kappa shape index (κ2) is 28.9. The van der Waals surface area contributed by atoms with Gasteiger partial charge < -0.3 is 29.2 Å². The fourth-order valence-electron chi connectivity index (χ4n) is 8.59. The molecule has 0 aliphatic carbocycles. The Balaban J connectivity index is 1.16. The van der Waals surface area contributed by atoms with E-state index in [1.54, 1.807) is 0 Å². The van der Waals surface area contributed by atoms with Gasteiger partial charge in [0.2, 0.25) is 0 Å². The van der Waals surface area contributed by atoms with Crippen LogP contribution in [0.2, 0.25) is 0 Å². The molecule has 0 aliphatic rings. The van der Waals surface area contributed by atoms with Gasteiger partial charge in [0.1, 0.15) is 39.3 Å². The maximum absolute atomic E-state index is 14.2. The first-order chi connectivity index (χ1) is 38.6. The van der Waals surface area contributed by atoms with E-state index in [9.17, 15) is 54.0 Å². The molecule has 81 heavy (non-hydrogen) atoms. The molecule has 0 heterocycles. The van der Waals surface area contributed by atoms with Gasteiger partial charge in [-0.15, -0.1) is 10.2 Å². The van der Waals surface area contributed by atoms with E-state index in [2.05, 4.69) is 31.3 Å². The van der Waals surface area contributed by atoms with Crippen LogP contribution < -0.4 is 28.4 Å². The van der Waals surface area contributed by atoms with Crippen molar-refractivity contribution in [1.82, 2.24) is 0 Å². The smallest absolute Gasteiger partial charge is 0.270 e. The molecule has 6 rings (SSSR count). The lowest BCUT2D eigenvalue weighted by atomic mass is 10.0. The summed E-state index contributed by atoms with van der Waals surface area (Å²) in [5, 5.41) is 41.4. The molecule has 22 nitrogen and oxygen atoms in total. The maximum Gasteiger partial charge on any atom is 0.270 e. The number of methoxy groups -OCH3 is 2. The van der Waals surface area contributed by atoms with Crippen molar-refractivity contribution in [2.45, 2.75) is 116 Å². The summed E-state index contributed by atoms with van der Waals surface area (Å²) in [6.45, 7) is 2.51. The third-order valence-electron chi connectivity index (χ3n) is 12.8. The molecule has 0 unspecified atom stereocenters. The van der Waals surface area contributed by atoms with Crippen molar-refractivity contribution in [2.75, 3.05) is 54.5 Å². The number of hydrogen-bond acceptors (Lipinski definition) is 18. The van der Waals surface area contributed by atoms with Gasteiger partial charge in [-0.1, -0.05) is 109 Å². The molecule has 5 N–H and O–H groups in total. The minimum atomic E-state index is -4.70. The lowest BCUT2D eigenvalue weighted by Crippen LogP contribution is -2.18. The zero-order valence-corrected chi connectivity index (χ0v) is 48.7. The van der Waals surface area contributed by atoms with E-state index in [0.29, 0.717) is 6.61 Å². The molecular weight excluding hydrogens is 1130 g/mol. The number of phenolic OH excluding ortho intramolecular Hbond substituents is 2. The van der Waals surface area contributed by atoms with Gasteiger partial charge in [-0.25, -0.2) is 33.7 Å². The summed E-state index contributed by atoms with van der Waals surface area (Å²) >= 11 is 0. The molecule has 0 bridgehead atoms. The molecule has 0 amide bonds. The number of rotatable bonds is 34. The molecular formula is C55H68N6O16S4. The summed E-state index contributed by atoms with van der Waals surface area (Å²) in [5.41, 5.74) is -1.61. The predicted octanol–water partition coefficient (Wildman–Crippen LogP) is 12.3. The van der Waals surface area contributed by atoms with Gasteiger partial charge in [-0.3, -0.25) is 24.3 Å². The second-order valence-electron chi connectivity index (χ2n) is 19.0. The van der Waals surface area contributed by atoms with E-state index in [0.717, 1.165) is 80.5 Å². The van der Waals surface area contributed by atoms with Crippen molar-refractivity contribution in [1.29, 1.82) is 0 Å². The van der Waals surface area contributed by atoms with Crippen LogP contribution in [-0.4, -0.2) is 89.1 Å². The first kappa shape index (κ1) is 62.9. The molecule has 0 saturated carbocycles. The molecule has 0 saturated heterocycles. The first-order valence-electron chi connectivity index (χ1n) is 26.2. The molecule has 0 radical (unpaired) electrons. The number of fused-ring (bicyclic) bond motifs is 1. The molecule has 0 aliphatic heterocycles. The SMILES string of the molecule is CCCCCCCCCCCCCCCCOc1cc(O)c(NS(=O)(=O)c2cc(NS(=O)(=O)c3cccc(S(=O)(=O)Nc4cccc5c(O)ccc(N=Nc6ccc([N+](=O)[O-])cc6S(C)(=O)=O)c45)c3)ccc2OCCOC)cc1OC. The van der Waals surface area contributed by atoms with Crippen LogP contribution in [0.3, 0.4) is 0 Å². The van der Waals surface area contributed by atoms with Crippen LogP contribution in [0.15, 0.2) is 133 Å². The number of anilines is 3. The molecule has 0 spiro atoms. The summed E-state index contributed by atoms with van der Waals surface area (Å²) in [6, 6.07) is 19.7. The van der Waals surface area contributed by atoms with Crippen LogP contribution in [0.5, 0.6) is 28.7 Å². The largest absolute Gasteiger partial charge is 0.507 e. The van der Waals surface area contributed by atoms with Gasteiger partial charge in [0.15, 0.2) is 21.3 Å². The van der Waals surface area contributed by atoms with Crippen LogP contribution >= 0.6 is 0 Å². The number of nitro benzene ring substituents is 1. The summed E-state index contributed by atoms with van der Waals surface area (Å²) in [5.74, 6) is -0.687. The van der Waals surface area contributed by atoms with Gasteiger partial charge in [0, 0.05) is 48.4 Å². The summed E-state index contributed by atoms with van der Waals surface area (Å²) < 4.78 is 139. The lowest BCUT2D eigenvalue weighted by Gasteiger charge is -2.18. The topological polar surface area (TPSA) is 318 Å². The van der Waals surface area contributed by atoms with Crippen LogP contribution in [0.4, 0.5) is 34.1 Å². The van der Waals surface area contributed by atoms with Gasteiger partial charge in [0.05, 0.1) is 57.8 Å². The highest BCUT2D eigenvalue weighted by Gasteiger charge is 2.27. The third kappa shape index (κ3) is 17.6. The van der Waals surface area contributed by atoms with Crippen LogP contribution in [0.25, 0.3) is 10.8 Å².